The van der Waals surface area contributed by atoms with Crippen LogP contribution in [0.3, 0.4) is 0 Å². The third-order valence-electron chi connectivity index (χ3n) is 5.16. The van der Waals surface area contributed by atoms with Crippen molar-refractivity contribution in [3.8, 4) is 0 Å². The van der Waals surface area contributed by atoms with Gasteiger partial charge in [0.25, 0.3) is 0 Å². The van der Waals surface area contributed by atoms with Gasteiger partial charge in [0.1, 0.15) is 0 Å². The minimum atomic E-state index is 0.265. The van der Waals surface area contributed by atoms with E-state index in [4.69, 9.17) is 0 Å². The summed E-state index contributed by atoms with van der Waals surface area (Å²) >= 11 is 0. The molecule has 2 aliphatic heterocycles. The molecule has 0 spiro atoms. The van der Waals surface area contributed by atoms with Gasteiger partial charge in [0, 0.05) is 25.7 Å². The van der Waals surface area contributed by atoms with E-state index < -0.39 is 0 Å². The Morgan fingerprint density at radius 1 is 1.10 bits per heavy atom. The zero-order valence-corrected chi connectivity index (χ0v) is 14.2. The lowest BCUT2D eigenvalue weighted by atomic mass is 10.0. The van der Waals surface area contributed by atoms with Crippen LogP contribution in [0.4, 0.5) is 0 Å². The van der Waals surface area contributed by atoms with Gasteiger partial charge in [-0.05, 0) is 59.2 Å². The molecule has 2 heterocycles. The summed E-state index contributed by atoms with van der Waals surface area (Å²) in [6.45, 7) is 9.44. The molecule has 1 atom stereocenters. The van der Waals surface area contributed by atoms with Crippen molar-refractivity contribution in [3.63, 3.8) is 0 Å². The highest BCUT2D eigenvalue weighted by molar-refractivity contribution is 5.78. The van der Waals surface area contributed by atoms with E-state index in [1.807, 2.05) is 11.9 Å². The van der Waals surface area contributed by atoms with E-state index in [-0.39, 0.29) is 5.91 Å². The number of likely N-dealkylation sites (N-methyl/N-ethyl adjacent to an activating group) is 1. The molecule has 122 valence electrons. The molecule has 4 heteroatoms. The maximum atomic E-state index is 12.3. The molecule has 0 saturated carbocycles. The highest BCUT2D eigenvalue weighted by atomic mass is 16.2. The number of hydrogen-bond donors (Lipinski definition) is 0. The normalized spacial score (nSPS) is 25.8. The number of carbonyl (C=O) groups excluding carboxylic acids is 1. The topological polar surface area (TPSA) is 26.8 Å². The number of piperidine rings is 1. The average Bonchev–Trinajstić information content (AvgIpc) is 2.75. The fraction of sp³-hybridized carbons (Fsp3) is 0.941. The number of amides is 1. The second-order valence-corrected chi connectivity index (χ2v) is 7.08. The number of rotatable bonds is 4. The number of carbonyl (C=O) groups is 1. The summed E-state index contributed by atoms with van der Waals surface area (Å²) in [4.78, 5) is 19.2. The Labute approximate surface area is 130 Å². The Hall–Kier alpha value is -0.610. The molecule has 4 nitrogen and oxygen atoms in total. The van der Waals surface area contributed by atoms with Gasteiger partial charge in [0.15, 0.2) is 0 Å². The molecule has 2 fully saturated rings. The monoisotopic (exact) mass is 295 g/mol. The van der Waals surface area contributed by atoms with E-state index in [0.717, 1.165) is 13.1 Å². The lowest BCUT2D eigenvalue weighted by Gasteiger charge is -2.39. The van der Waals surface area contributed by atoms with E-state index in [0.29, 0.717) is 18.6 Å². The Kier molecular flexibility index (Phi) is 6.49. The molecule has 0 N–H and O–H groups in total. The van der Waals surface area contributed by atoms with Crippen LogP contribution in [0, 0.1) is 0 Å². The van der Waals surface area contributed by atoms with Crippen LogP contribution in [0.15, 0.2) is 0 Å². The van der Waals surface area contributed by atoms with Gasteiger partial charge in [-0.15, -0.1) is 0 Å². The molecule has 2 aliphatic rings. The lowest BCUT2D eigenvalue weighted by molar-refractivity contribution is -0.133. The molecular formula is C17H33N3O. The van der Waals surface area contributed by atoms with Crippen LogP contribution in [-0.2, 0) is 4.79 Å². The van der Waals surface area contributed by atoms with Crippen molar-refractivity contribution in [2.75, 3.05) is 39.8 Å². The van der Waals surface area contributed by atoms with Gasteiger partial charge in [-0.1, -0.05) is 12.8 Å². The summed E-state index contributed by atoms with van der Waals surface area (Å²) in [5.41, 5.74) is 0. The third kappa shape index (κ3) is 4.96. The second-order valence-electron chi connectivity index (χ2n) is 7.08. The molecule has 21 heavy (non-hydrogen) atoms. The lowest BCUT2D eigenvalue weighted by Crippen LogP contribution is -2.51. The minimum absolute atomic E-state index is 0.265. The average molecular weight is 295 g/mol. The summed E-state index contributed by atoms with van der Waals surface area (Å²) in [6.07, 6.45) is 8.04. The van der Waals surface area contributed by atoms with Crippen molar-refractivity contribution in [2.45, 2.75) is 64.5 Å². The van der Waals surface area contributed by atoms with E-state index in [9.17, 15) is 4.79 Å². The summed E-state index contributed by atoms with van der Waals surface area (Å²) in [6, 6.07) is 0.970. The molecule has 0 aromatic heterocycles. The molecule has 0 aromatic rings. The van der Waals surface area contributed by atoms with Crippen LogP contribution < -0.4 is 0 Å². The summed E-state index contributed by atoms with van der Waals surface area (Å²) in [7, 11) is 1.92. The zero-order chi connectivity index (χ0) is 15.2. The van der Waals surface area contributed by atoms with Crippen LogP contribution in [0.25, 0.3) is 0 Å². The fourth-order valence-electron chi connectivity index (χ4n) is 3.52. The number of hydrogen-bond acceptors (Lipinski definition) is 3. The number of likely N-dealkylation sites (tertiary alicyclic amines) is 2. The second kappa shape index (κ2) is 8.14. The van der Waals surface area contributed by atoms with E-state index in [2.05, 4.69) is 23.6 Å². The van der Waals surface area contributed by atoms with Crippen LogP contribution in [0.5, 0.6) is 0 Å². The van der Waals surface area contributed by atoms with Gasteiger partial charge in [0.2, 0.25) is 5.91 Å². The predicted molar refractivity (Wildman–Crippen MR) is 87.4 cm³/mol. The third-order valence-corrected chi connectivity index (χ3v) is 5.16. The van der Waals surface area contributed by atoms with Crippen LogP contribution in [0.2, 0.25) is 0 Å². The van der Waals surface area contributed by atoms with Gasteiger partial charge >= 0.3 is 0 Å². The smallest absolute Gasteiger partial charge is 0.236 e. The van der Waals surface area contributed by atoms with Gasteiger partial charge in [-0.25, -0.2) is 0 Å². The van der Waals surface area contributed by atoms with E-state index >= 15 is 0 Å². The predicted octanol–water partition coefficient (Wildman–Crippen LogP) is 2.19. The maximum absolute atomic E-state index is 12.3. The summed E-state index contributed by atoms with van der Waals surface area (Å²) in [5, 5.41) is 0. The largest absolute Gasteiger partial charge is 0.342 e. The Morgan fingerprint density at radius 2 is 1.76 bits per heavy atom. The fourth-order valence-corrected chi connectivity index (χ4v) is 3.52. The molecular weight excluding hydrogens is 262 g/mol. The highest BCUT2D eigenvalue weighted by Gasteiger charge is 2.27. The molecule has 2 saturated heterocycles. The first-order valence-corrected chi connectivity index (χ1v) is 8.80. The first-order chi connectivity index (χ1) is 10.1. The van der Waals surface area contributed by atoms with Crippen LogP contribution >= 0.6 is 0 Å². The Balaban J connectivity index is 1.84. The standard InChI is InChI=1S/C17H33N3O/c1-15(2)18(3)17(21)14-19-10-8-9-16(13-19)20-11-6-4-5-7-12-20/h15-16H,4-14H2,1-3H3. The Morgan fingerprint density at radius 3 is 2.38 bits per heavy atom. The summed E-state index contributed by atoms with van der Waals surface area (Å²) in [5.74, 6) is 0.265. The highest BCUT2D eigenvalue weighted by Crippen LogP contribution is 2.20. The van der Waals surface area contributed by atoms with Crippen molar-refractivity contribution in [1.82, 2.24) is 14.7 Å². The summed E-state index contributed by atoms with van der Waals surface area (Å²) < 4.78 is 0. The van der Waals surface area contributed by atoms with E-state index in [1.165, 1.54) is 51.6 Å². The van der Waals surface area contributed by atoms with Crippen molar-refractivity contribution >= 4 is 5.91 Å². The quantitative estimate of drug-likeness (QED) is 0.795. The molecule has 0 bridgehead atoms. The first-order valence-electron chi connectivity index (χ1n) is 8.80. The van der Waals surface area contributed by atoms with Gasteiger partial charge in [-0.3, -0.25) is 14.6 Å². The maximum Gasteiger partial charge on any atom is 0.236 e. The number of nitrogens with zero attached hydrogens (tertiary/aromatic N) is 3. The Bertz CT molecular complexity index is 324. The van der Waals surface area contributed by atoms with Crippen molar-refractivity contribution < 1.29 is 4.79 Å². The molecule has 0 aromatic carbocycles. The minimum Gasteiger partial charge on any atom is -0.342 e. The van der Waals surface area contributed by atoms with Crippen molar-refractivity contribution in [2.24, 2.45) is 0 Å². The van der Waals surface area contributed by atoms with Crippen molar-refractivity contribution in [1.29, 1.82) is 0 Å². The SMILES string of the molecule is CC(C)N(C)C(=O)CN1CCCC(N2CCCCCC2)C1. The van der Waals surface area contributed by atoms with Crippen LogP contribution in [0.1, 0.15) is 52.4 Å². The molecule has 0 radical (unpaired) electrons. The van der Waals surface area contributed by atoms with Gasteiger partial charge in [-0.2, -0.15) is 0 Å². The zero-order valence-electron chi connectivity index (χ0n) is 14.2. The molecule has 1 unspecified atom stereocenters. The van der Waals surface area contributed by atoms with Gasteiger partial charge < -0.3 is 4.90 Å². The van der Waals surface area contributed by atoms with Gasteiger partial charge in [0.05, 0.1) is 6.54 Å². The van der Waals surface area contributed by atoms with E-state index in [1.54, 1.807) is 0 Å². The van der Waals surface area contributed by atoms with Crippen molar-refractivity contribution in [3.05, 3.63) is 0 Å². The van der Waals surface area contributed by atoms with Crippen LogP contribution in [-0.4, -0.2) is 72.5 Å². The molecule has 1 amide bonds. The molecule has 2 rings (SSSR count). The first kappa shape index (κ1) is 16.8. The molecule has 0 aliphatic carbocycles.